The van der Waals surface area contributed by atoms with Crippen molar-refractivity contribution in [2.24, 2.45) is 0 Å². The molecular weight excluding hydrogens is 403 g/mol. The lowest BCUT2D eigenvalue weighted by atomic mass is 9.63. The van der Waals surface area contributed by atoms with Crippen molar-refractivity contribution in [3.8, 4) is 6.07 Å². The third kappa shape index (κ3) is 3.53. The van der Waals surface area contributed by atoms with E-state index in [4.69, 9.17) is 0 Å². The molecule has 1 heterocycles. The van der Waals surface area contributed by atoms with Gasteiger partial charge in [-0.25, -0.2) is 12.8 Å². The van der Waals surface area contributed by atoms with Crippen LogP contribution in [0.4, 0.5) is 4.39 Å². The summed E-state index contributed by atoms with van der Waals surface area (Å²) < 4.78 is 41.7. The molecule has 7 heteroatoms. The van der Waals surface area contributed by atoms with Crippen molar-refractivity contribution in [3.63, 3.8) is 0 Å². The predicted octanol–water partition coefficient (Wildman–Crippen LogP) is 2.80. The SMILES string of the molecule is C[C@@H]1NC[C@@H](c2ccccc2)S(=O)(=O)C1Cc1ccc(C2(C#N)CC(O)C2)cc1F. The van der Waals surface area contributed by atoms with E-state index in [0.717, 1.165) is 5.56 Å². The van der Waals surface area contributed by atoms with Gasteiger partial charge in [0.25, 0.3) is 0 Å². The predicted molar refractivity (Wildman–Crippen MR) is 112 cm³/mol. The van der Waals surface area contributed by atoms with Gasteiger partial charge in [-0.15, -0.1) is 0 Å². The Bertz CT molecular complexity index is 1080. The first-order chi connectivity index (χ1) is 14.3. The maximum Gasteiger partial charge on any atom is 0.163 e. The molecule has 0 spiro atoms. The minimum absolute atomic E-state index is 0.0636. The van der Waals surface area contributed by atoms with Gasteiger partial charge in [-0.2, -0.15) is 5.26 Å². The lowest BCUT2D eigenvalue weighted by Gasteiger charge is -2.40. The van der Waals surface area contributed by atoms with Gasteiger partial charge in [0.1, 0.15) is 5.82 Å². The van der Waals surface area contributed by atoms with Crippen LogP contribution in [0.1, 0.15) is 41.7 Å². The Morgan fingerprint density at radius 1 is 1.23 bits per heavy atom. The molecule has 2 aromatic rings. The highest BCUT2D eigenvalue weighted by Gasteiger charge is 2.46. The lowest BCUT2D eigenvalue weighted by molar-refractivity contribution is 0.0446. The molecule has 1 saturated carbocycles. The number of nitrogens with zero attached hydrogens (tertiary/aromatic N) is 1. The zero-order chi connectivity index (χ0) is 21.5. The van der Waals surface area contributed by atoms with Crippen LogP contribution in [-0.2, 0) is 21.7 Å². The summed E-state index contributed by atoms with van der Waals surface area (Å²) in [5.74, 6) is -0.507. The number of aliphatic hydroxyl groups excluding tert-OH is 1. The molecule has 2 aliphatic rings. The van der Waals surface area contributed by atoms with Crippen molar-refractivity contribution in [1.29, 1.82) is 5.26 Å². The summed E-state index contributed by atoms with van der Waals surface area (Å²) in [5.41, 5.74) is 0.736. The summed E-state index contributed by atoms with van der Waals surface area (Å²) >= 11 is 0. The fraction of sp³-hybridized carbons (Fsp3) is 0.435. The topological polar surface area (TPSA) is 90.2 Å². The van der Waals surface area contributed by atoms with Gasteiger partial charge < -0.3 is 10.4 Å². The molecule has 1 aliphatic heterocycles. The second-order valence-corrected chi connectivity index (χ2v) is 10.8. The number of nitrogens with one attached hydrogen (secondary N) is 1. The molecule has 158 valence electrons. The van der Waals surface area contributed by atoms with E-state index in [2.05, 4.69) is 11.4 Å². The van der Waals surface area contributed by atoms with E-state index < -0.39 is 37.7 Å². The molecule has 2 N–H and O–H groups in total. The van der Waals surface area contributed by atoms with Crippen LogP contribution >= 0.6 is 0 Å². The third-order valence-electron chi connectivity index (χ3n) is 6.58. The van der Waals surface area contributed by atoms with E-state index >= 15 is 0 Å². The van der Waals surface area contributed by atoms with Crippen LogP contribution in [0.3, 0.4) is 0 Å². The largest absolute Gasteiger partial charge is 0.393 e. The lowest BCUT2D eigenvalue weighted by Crippen LogP contribution is -2.53. The van der Waals surface area contributed by atoms with Crippen molar-refractivity contribution < 1.29 is 17.9 Å². The smallest absolute Gasteiger partial charge is 0.163 e. The maximum atomic E-state index is 14.9. The van der Waals surface area contributed by atoms with E-state index in [-0.39, 0.29) is 12.5 Å². The van der Waals surface area contributed by atoms with Gasteiger partial charge in [-0.05, 0) is 48.9 Å². The molecule has 30 heavy (non-hydrogen) atoms. The van der Waals surface area contributed by atoms with E-state index in [1.807, 2.05) is 25.1 Å². The molecule has 0 radical (unpaired) electrons. The summed E-state index contributed by atoms with van der Waals surface area (Å²) in [5, 5.41) is 20.9. The molecule has 2 fully saturated rings. The monoisotopic (exact) mass is 428 g/mol. The minimum atomic E-state index is -3.54. The Balaban J connectivity index is 1.61. The Hall–Kier alpha value is -2.27. The number of halogens is 1. The molecule has 4 rings (SSSR count). The van der Waals surface area contributed by atoms with Crippen molar-refractivity contribution in [1.82, 2.24) is 5.32 Å². The van der Waals surface area contributed by atoms with Crippen LogP contribution in [0.15, 0.2) is 48.5 Å². The number of rotatable bonds is 4. The van der Waals surface area contributed by atoms with Crippen LogP contribution in [0.5, 0.6) is 0 Å². The molecule has 5 nitrogen and oxygen atoms in total. The number of nitriles is 1. The number of hydrogen-bond acceptors (Lipinski definition) is 5. The Labute approximate surface area is 176 Å². The molecule has 0 amide bonds. The second kappa shape index (κ2) is 7.77. The van der Waals surface area contributed by atoms with Crippen LogP contribution in [-0.4, -0.2) is 37.5 Å². The average Bonchev–Trinajstić information content (AvgIpc) is 2.70. The van der Waals surface area contributed by atoms with E-state index in [1.54, 1.807) is 24.3 Å². The minimum Gasteiger partial charge on any atom is -0.393 e. The van der Waals surface area contributed by atoms with Gasteiger partial charge in [0.2, 0.25) is 0 Å². The van der Waals surface area contributed by atoms with Gasteiger partial charge in [0.15, 0.2) is 9.84 Å². The zero-order valence-electron chi connectivity index (χ0n) is 16.8. The zero-order valence-corrected chi connectivity index (χ0v) is 17.6. The van der Waals surface area contributed by atoms with Gasteiger partial charge in [0, 0.05) is 12.6 Å². The highest BCUT2D eigenvalue weighted by atomic mass is 32.2. The van der Waals surface area contributed by atoms with Crippen LogP contribution in [0.2, 0.25) is 0 Å². The number of hydrogen-bond donors (Lipinski definition) is 2. The molecule has 3 atom stereocenters. The fourth-order valence-electron chi connectivity index (χ4n) is 4.67. The molecule has 0 aromatic heterocycles. The third-order valence-corrected chi connectivity index (χ3v) is 9.23. The first-order valence-electron chi connectivity index (χ1n) is 10.2. The van der Waals surface area contributed by atoms with Crippen LogP contribution in [0, 0.1) is 17.1 Å². The van der Waals surface area contributed by atoms with E-state index in [0.29, 0.717) is 30.5 Å². The highest BCUT2D eigenvalue weighted by molar-refractivity contribution is 7.92. The van der Waals surface area contributed by atoms with Gasteiger partial charge in [-0.3, -0.25) is 0 Å². The number of aliphatic hydroxyl groups is 1. The van der Waals surface area contributed by atoms with Gasteiger partial charge in [0.05, 0.1) is 28.1 Å². The molecular formula is C23H25FN2O3S. The Morgan fingerprint density at radius 2 is 1.93 bits per heavy atom. The average molecular weight is 429 g/mol. The second-order valence-electron chi connectivity index (χ2n) is 8.49. The molecule has 1 unspecified atom stereocenters. The molecule has 2 aromatic carbocycles. The molecule has 1 aliphatic carbocycles. The summed E-state index contributed by atoms with van der Waals surface area (Å²) in [7, 11) is -3.54. The van der Waals surface area contributed by atoms with E-state index in [9.17, 15) is 23.2 Å². The normalized spacial score (nSPS) is 32.7. The van der Waals surface area contributed by atoms with Crippen LogP contribution in [0.25, 0.3) is 0 Å². The standard InChI is InChI=1S/C23H25FN2O3S/c1-15-21(30(28,29)22(13-26-15)16-5-3-2-4-6-16)9-17-7-8-18(10-20(17)24)23(14-25)11-19(27)12-23/h2-8,10,15,19,21-22,26-27H,9,11-13H2,1H3/t15-,19?,21?,22-,23?/m0/s1. The summed E-state index contributed by atoms with van der Waals surface area (Å²) in [6.07, 6.45) is 0.105. The molecule has 1 saturated heterocycles. The number of benzene rings is 2. The van der Waals surface area contributed by atoms with E-state index in [1.165, 1.54) is 6.07 Å². The molecule has 0 bridgehead atoms. The van der Waals surface area contributed by atoms with Gasteiger partial charge in [-0.1, -0.05) is 42.5 Å². The first-order valence-corrected chi connectivity index (χ1v) is 11.8. The fourth-order valence-corrected chi connectivity index (χ4v) is 7.03. The van der Waals surface area contributed by atoms with Crippen molar-refractivity contribution in [2.45, 2.75) is 54.2 Å². The summed E-state index contributed by atoms with van der Waals surface area (Å²) in [6.45, 7) is 2.15. The summed E-state index contributed by atoms with van der Waals surface area (Å²) in [4.78, 5) is 0. The maximum absolute atomic E-state index is 14.9. The van der Waals surface area contributed by atoms with Crippen molar-refractivity contribution in [3.05, 3.63) is 71.0 Å². The van der Waals surface area contributed by atoms with Gasteiger partial charge >= 0.3 is 0 Å². The van der Waals surface area contributed by atoms with Crippen molar-refractivity contribution in [2.75, 3.05) is 6.54 Å². The highest BCUT2D eigenvalue weighted by Crippen LogP contribution is 2.44. The van der Waals surface area contributed by atoms with Crippen molar-refractivity contribution >= 4 is 9.84 Å². The number of sulfone groups is 1. The summed E-state index contributed by atoms with van der Waals surface area (Å²) in [6, 6.07) is 15.6. The van der Waals surface area contributed by atoms with Crippen LogP contribution < -0.4 is 5.32 Å². The Morgan fingerprint density at radius 3 is 2.53 bits per heavy atom. The first kappa shape index (κ1) is 21.0. The quantitative estimate of drug-likeness (QED) is 0.782. The Kier molecular flexibility index (Phi) is 5.43.